The van der Waals surface area contributed by atoms with Crippen molar-refractivity contribution in [3.63, 3.8) is 0 Å². The zero-order valence-corrected chi connectivity index (χ0v) is 12.3. The molecule has 0 bridgehead atoms. The van der Waals surface area contributed by atoms with Gasteiger partial charge in [0.2, 0.25) is 0 Å². The Morgan fingerprint density at radius 1 is 1.19 bits per heavy atom. The zero-order valence-electron chi connectivity index (χ0n) is 12.3. The highest BCUT2D eigenvalue weighted by Crippen LogP contribution is 2.36. The molecule has 0 fully saturated rings. The number of aliphatic hydroxyl groups is 1. The molecule has 0 saturated heterocycles. The molecule has 0 radical (unpaired) electrons. The van der Waals surface area contributed by atoms with Gasteiger partial charge in [0, 0.05) is 38.1 Å². The second-order valence-corrected chi connectivity index (χ2v) is 5.66. The van der Waals surface area contributed by atoms with Crippen LogP contribution in [0.2, 0.25) is 0 Å². The SMILES string of the molecule is OCCCN(Cc1cccnc1)[C@@H]1CCc2ccccc21. The quantitative estimate of drug-likeness (QED) is 0.885. The molecule has 2 aromatic rings. The molecule has 0 spiro atoms. The molecule has 0 unspecified atom stereocenters. The van der Waals surface area contributed by atoms with Gasteiger partial charge in [0.15, 0.2) is 0 Å². The number of pyridine rings is 1. The number of aryl methyl sites for hydroxylation is 1. The van der Waals surface area contributed by atoms with Gasteiger partial charge in [0.1, 0.15) is 0 Å². The van der Waals surface area contributed by atoms with Crippen molar-refractivity contribution >= 4 is 0 Å². The molecule has 1 aromatic heterocycles. The number of aromatic nitrogens is 1. The van der Waals surface area contributed by atoms with Gasteiger partial charge in [-0.25, -0.2) is 0 Å². The van der Waals surface area contributed by atoms with Crippen LogP contribution >= 0.6 is 0 Å². The van der Waals surface area contributed by atoms with E-state index < -0.39 is 0 Å². The van der Waals surface area contributed by atoms with Crippen molar-refractivity contribution in [1.29, 1.82) is 0 Å². The molecule has 110 valence electrons. The van der Waals surface area contributed by atoms with Crippen LogP contribution in [-0.2, 0) is 13.0 Å². The van der Waals surface area contributed by atoms with E-state index in [-0.39, 0.29) is 6.61 Å². The van der Waals surface area contributed by atoms with E-state index in [1.165, 1.54) is 23.1 Å². The smallest absolute Gasteiger partial charge is 0.0443 e. The highest BCUT2D eigenvalue weighted by atomic mass is 16.3. The second kappa shape index (κ2) is 6.83. The average Bonchev–Trinajstić information content (AvgIpc) is 2.96. The van der Waals surface area contributed by atoms with Crippen LogP contribution in [0.3, 0.4) is 0 Å². The van der Waals surface area contributed by atoms with E-state index >= 15 is 0 Å². The van der Waals surface area contributed by atoms with E-state index in [0.717, 1.165) is 25.9 Å². The van der Waals surface area contributed by atoms with Gasteiger partial charge >= 0.3 is 0 Å². The van der Waals surface area contributed by atoms with E-state index in [1.807, 2.05) is 18.5 Å². The Bertz CT molecular complexity index is 570. The summed E-state index contributed by atoms with van der Waals surface area (Å²) in [6.07, 6.45) is 6.90. The molecule has 1 heterocycles. The van der Waals surface area contributed by atoms with Crippen molar-refractivity contribution in [2.75, 3.05) is 13.2 Å². The Hall–Kier alpha value is -1.71. The van der Waals surface area contributed by atoms with Gasteiger partial charge in [-0.3, -0.25) is 9.88 Å². The number of benzene rings is 1. The van der Waals surface area contributed by atoms with Gasteiger partial charge in [-0.05, 0) is 42.0 Å². The molecule has 3 nitrogen and oxygen atoms in total. The molecule has 21 heavy (non-hydrogen) atoms. The first-order chi connectivity index (χ1) is 10.4. The molecule has 0 aliphatic heterocycles. The Kier molecular flexibility index (Phi) is 4.63. The first kappa shape index (κ1) is 14.2. The highest BCUT2D eigenvalue weighted by Gasteiger charge is 2.27. The first-order valence-corrected chi connectivity index (χ1v) is 7.70. The Balaban J connectivity index is 1.80. The van der Waals surface area contributed by atoms with Crippen molar-refractivity contribution in [1.82, 2.24) is 9.88 Å². The number of aliphatic hydroxyl groups excluding tert-OH is 1. The van der Waals surface area contributed by atoms with E-state index in [1.54, 1.807) is 0 Å². The molecule has 1 N–H and O–H groups in total. The summed E-state index contributed by atoms with van der Waals surface area (Å²) in [5, 5.41) is 9.18. The van der Waals surface area contributed by atoms with E-state index in [0.29, 0.717) is 6.04 Å². The monoisotopic (exact) mass is 282 g/mol. The van der Waals surface area contributed by atoms with Crippen LogP contribution in [0, 0.1) is 0 Å². The molecule has 0 saturated carbocycles. The van der Waals surface area contributed by atoms with Crippen molar-refractivity contribution in [3.8, 4) is 0 Å². The summed E-state index contributed by atoms with van der Waals surface area (Å²) < 4.78 is 0. The summed E-state index contributed by atoms with van der Waals surface area (Å²) >= 11 is 0. The fourth-order valence-corrected chi connectivity index (χ4v) is 3.26. The summed E-state index contributed by atoms with van der Waals surface area (Å²) in [7, 11) is 0. The first-order valence-electron chi connectivity index (χ1n) is 7.70. The molecule has 3 heteroatoms. The van der Waals surface area contributed by atoms with Crippen LogP contribution in [-0.4, -0.2) is 28.1 Å². The summed E-state index contributed by atoms with van der Waals surface area (Å²) in [5.41, 5.74) is 4.17. The van der Waals surface area contributed by atoms with E-state index in [2.05, 4.69) is 40.2 Å². The van der Waals surface area contributed by atoms with Gasteiger partial charge in [-0.1, -0.05) is 30.3 Å². The van der Waals surface area contributed by atoms with Crippen LogP contribution in [0.4, 0.5) is 0 Å². The lowest BCUT2D eigenvalue weighted by Crippen LogP contribution is -2.28. The Labute approximate surface area is 126 Å². The number of rotatable bonds is 6. The maximum atomic E-state index is 9.18. The van der Waals surface area contributed by atoms with Crippen molar-refractivity contribution in [2.45, 2.75) is 31.8 Å². The van der Waals surface area contributed by atoms with Gasteiger partial charge in [-0.2, -0.15) is 0 Å². The van der Waals surface area contributed by atoms with Crippen LogP contribution < -0.4 is 0 Å². The summed E-state index contributed by atoms with van der Waals surface area (Å²) in [4.78, 5) is 6.70. The number of fused-ring (bicyclic) bond motifs is 1. The number of nitrogens with zero attached hydrogens (tertiary/aromatic N) is 2. The summed E-state index contributed by atoms with van der Waals surface area (Å²) in [6.45, 7) is 2.06. The third-order valence-corrected chi connectivity index (χ3v) is 4.25. The molecule has 3 rings (SSSR count). The topological polar surface area (TPSA) is 36.4 Å². The number of hydrogen-bond acceptors (Lipinski definition) is 3. The zero-order chi connectivity index (χ0) is 14.5. The van der Waals surface area contributed by atoms with Crippen molar-refractivity contribution in [2.24, 2.45) is 0 Å². The van der Waals surface area contributed by atoms with Crippen LogP contribution in [0.25, 0.3) is 0 Å². The molecule has 1 aliphatic carbocycles. The largest absolute Gasteiger partial charge is 0.396 e. The standard InChI is InChI=1S/C18H22N2O/c21-12-4-11-20(14-15-5-3-10-19-13-15)18-9-8-16-6-1-2-7-17(16)18/h1-3,5-7,10,13,18,21H,4,8-9,11-12,14H2/t18-/m1/s1. The molecule has 1 atom stereocenters. The van der Waals surface area contributed by atoms with E-state index in [9.17, 15) is 5.11 Å². The average molecular weight is 282 g/mol. The molecular formula is C18H22N2O. The normalized spacial score (nSPS) is 17.1. The van der Waals surface area contributed by atoms with Crippen molar-refractivity contribution in [3.05, 3.63) is 65.5 Å². The highest BCUT2D eigenvalue weighted by molar-refractivity contribution is 5.34. The summed E-state index contributed by atoms with van der Waals surface area (Å²) in [6, 6.07) is 13.3. The fraction of sp³-hybridized carbons (Fsp3) is 0.389. The lowest BCUT2D eigenvalue weighted by Gasteiger charge is -2.29. The lowest BCUT2D eigenvalue weighted by molar-refractivity contribution is 0.165. The minimum Gasteiger partial charge on any atom is -0.396 e. The molecular weight excluding hydrogens is 260 g/mol. The third kappa shape index (κ3) is 3.31. The maximum Gasteiger partial charge on any atom is 0.0443 e. The van der Waals surface area contributed by atoms with E-state index in [4.69, 9.17) is 0 Å². The Morgan fingerprint density at radius 3 is 2.90 bits per heavy atom. The predicted molar refractivity (Wildman–Crippen MR) is 83.9 cm³/mol. The third-order valence-electron chi connectivity index (χ3n) is 4.25. The van der Waals surface area contributed by atoms with Gasteiger partial charge < -0.3 is 5.11 Å². The van der Waals surface area contributed by atoms with Gasteiger partial charge in [-0.15, -0.1) is 0 Å². The molecule has 0 amide bonds. The molecule has 1 aliphatic rings. The van der Waals surface area contributed by atoms with Crippen LogP contribution in [0.1, 0.15) is 35.6 Å². The minimum absolute atomic E-state index is 0.248. The van der Waals surface area contributed by atoms with Crippen molar-refractivity contribution < 1.29 is 5.11 Å². The minimum atomic E-state index is 0.248. The Morgan fingerprint density at radius 2 is 2.10 bits per heavy atom. The van der Waals surface area contributed by atoms with Crippen LogP contribution in [0.5, 0.6) is 0 Å². The number of hydrogen-bond donors (Lipinski definition) is 1. The maximum absolute atomic E-state index is 9.18. The van der Waals surface area contributed by atoms with Crippen LogP contribution in [0.15, 0.2) is 48.8 Å². The molecule has 1 aromatic carbocycles. The lowest BCUT2D eigenvalue weighted by atomic mass is 10.1. The second-order valence-electron chi connectivity index (χ2n) is 5.66. The van der Waals surface area contributed by atoms with Gasteiger partial charge in [0.25, 0.3) is 0 Å². The summed E-state index contributed by atoms with van der Waals surface area (Å²) in [5.74, 6) is 0. The fourth-order valence-electron chi connectivity index (χ4n) is 3.26. The predicted octanol–water partition coefficient (Wildman–Crippen LogP) is 2.95. The van der Waals surface area contributed by atoms with Gasteiger partial charge in [0.05, 0.1) is 0 Å².